The number of aryl methyl sites for hydroxylation is 1. The number of benzene rings is 1. The molecule has 9 heteroatoms. The van der Waals surface area contributed by atoms with Crippen LogP contribution in [-0.2, 0) is 14.8 Å². The van der Waals surface area contributed by atoms with Gasteiger partial charge in [-0.05, 0) is 37.8 Å². The molecule has 1 rings (SSSR count). The summed E-state index contributed by atoms with van der Waals surface area (Å²) in [5.74, 6) is -0.963. The van der Waals surface area contributed by atoms with E-state index in [1.54, 1.807) is 16.4 Å². The Morgan fingerprint density at radius 2 is 1.80 bits per heavy atom. The average molecular weight is 334 g/mol. The van der Waals surface area contributed by atoms with Gasteiger partial charge in [0, 0.05) is 0 Å². The fourth-order valence-electron chi connectivity index (χ4n) is 1.01. The monoisotopic (exact) mass is 333 g/mol. The van der Waals surface area contributed by atoms with Crippen LogP contribution in [0.2, 0.25) is 0 Å². The molecule has 0 fully saturated rings. The van der Waals surface area contributed by atoms with Crippen molar-refractivity contribution >= 4 is 57.3 Å². The molecule has 0 amide bonds. The van der Waals surface area contributed by atoms with Crippen LogP contribution in [0.25, 0.3) is 0 Å². The van der Waals surface area contributed by atoms with Gasteiger partial charge in [-0.3, -0.25) is 4.79 Å². The number of carboxylic acids is 1. The van der Waals surface area contributed by atoms with E-state index in [1.165, 1.54) is 19.1 Å². The van der Waals surface area contributed by atoms with Crippen LogP contribution >= 0.6 is 11.8 Å². The Bertz CT molecular complexity index is 504. The molecule has 3 N–H and O–H groups in total. The van der Waals surface area contributed by atoms with Crippen LogP contribution < -0.4 is 4.24 Å². The van der Waals surface area contributed by atoms with E-state index in [1.807, 2.05) is 6.92 Å². The van der Waals surface area contributed by atoms with Crippen molar-refractivity contribution in [1.29, 1.82) is 0 Å². The number of carbonyl (C=O) groups is 1. The van der Waals surface area contributed by atoms with Crippen LogP contribution in [0.5, 0.6) is 0 Å². The SMILES string of the molecule is CC(O)CC(=O)O.Cc1ccc(S(=O)(=O)NCl)cc1.[NaH]. The molecule has 0 saturated heterocycles. The van der Waals surface area contributed by atoms with Gasteiger partial charge >= 0.3 is 35.5 Å². The standard InChI is InChI=1S/C7H8ClNO2S.C4H8O3.Na.H/c1-6-2-4-7(5-3-6)12(10,11)9-8;1-3(5)2-4(6)7;;/h2-5,9H,1H3;3,5H,2H2,1H3,(H,6,7);;. The van der Waals surface area contributed by atoms with E-state index in [0.29, 0.717) is 0 Å². The minimum atomic E-state index is -3.50. The first-order valence-corrected chi connectivity index (χ1v) is 7.14. The number of aliphatic carboxylic acids is 1. The van der Waals surface area contributed by atoms with Crippen molar-refractivity contribution < 1.29 is 23.4 Å². The molecule has 0 aliphatic carbocycles. The zero-order valence-corrected chi connectivity index (χ0v) is 12.1. The summed E-state index contributed by atoms with van der Waals surface area (Å²) in [6, 6.07) is 6.42. The Hall–Kier alpha value is -0.150. The van der Waals surface area contributed by atoms with Crippen LogP contribution in [0.4, 0.5) is 0 Å². The van der Waals surface area contributed by atoms with Gasteiger partial charge in [-0.2, -0.15) is 0 Å². The first kappa shape index (κ1) is 22.1. The number of hydrogen-bond acceptors (Lipinski definition) is 4. The second kappa shape index (κ2) is 10.6. The third kappa shape index (κ3) is 9.71. The molecule has 0 saturated carbocycles. The number of rotatable bonds is 4. The van der Waals surface area contributed by atoms with E-state index >= 15 is 0 Å². The van der Waals surface area contributed by atoms with Crippen molar-refractivity contribution in [2.75, 3.05) is 0 Å². The van der Waals surface area contributed by atoms with Crippen molar-refractivity contribution in [3.8, 4) is 0 Å². The number of nitrogens with one attached hydrogen (secondary N) is 1. The van der Waals surface area contributed by atoms with Gasteiger partial charge < -0.3 is 10.2 Å². The quantitative estimate of drug-likeness (QED) is 0.553. The van der Waals surface area contributed by atoms with Gasteiger partial charge in [0.15, 0.2) is 0 Å². The second-order valence-electron chi connectivity index (χ2n) is 3.84. The van der Waals surface area contributed by atoms with Crippen LogP contribution in [0.15, 0.2) is 29.2 Å². The molecule has 1 unspecified atom stereocenters. The Balaban J connectivity index is 0. The summed E-state index contributed by atoms with van der Waals surface area (Å²) in [7, 11) is -3.50. The number of aliphatic hydroxyl groups is 1. The van der Waals surface area contributed by atoms with Crippen molar-refractivity contribution in [3.05, 3.63) is 29.8 Å². The maximum atomic E-state index is 11.1. The fraction of sp³-hybridized carbons (Fsp3) is 0.364. The van der Waals surface area contributed by atoms with Gasteiger partial charge in [-0.25, -0.2) is 8.42 Å². The van der Waals surface area contributed by atoms with E-state index in [2.05, 4.69) is 0 Å². The molecule has 6 nitrogen and oxygen atoms in total. The molecule has 1 aromatic rings. The van der Waals surface area contributed by atoms with Gasteiger partial charge in [-0.1, -0.05) is 17.7 Å². The summed E-state index contributed by atoms with van der Waals surface area (Å²) in [4.78, 5) is 9.82. The van der Waals surface area contributed by atoms with Gasteiger partial charge in [0.1, 0.15) is 0 Å². The first-order valence-electron chi connectivity index (χ1n) is 5.28. The Kier molecular flexibility index (Phi) is 11.7. The fourth-order valence-corrected chi connectivity index (χ4v) is 1.87. The molecule has 110 valence electrons. The molecule has 0 heterocycles. The predicted molar refractivity (Wildman–Crippen MR) is 78.4 cm³/mol. The Labute approximate surface area is 145 Å². The summed E-state index contributed by atoms with van der Waals surface area (Å²) in [6.45, 7) is 3.32. The Morgan fingerprint density at radius 3 is 2.05 bits per heavy atom. The second-order valence-corrected chi connectivity index (χ2v) is 5.94. The normalized spacial score (nSPS) is 11.6. The molecule has 0 spiro atoms. The average Bonchev–Trinajstić information content (AvgIpc) is 2.28. The van der Waals surface area contributed by atoms with Crippen LogP contribution in [0, 0.1) is 6.92 Å². The zero-order valence-electron chi connectivity index (χ0n) is 10.5. The molecule has 0 aliphatic heterocycles. The topological polar surface area (TPSA) is 104 Å². The number of halogens is 1. The first-order chi connectivity index (χ1) is 8.69. The maximum absolute atomic E-state index is 11.1. The Morgan fingerprint density at radius 1 is 1.35 bits per heavy atom. The van der Waals surface area contributed by atoms with Gasteiger partial charge in [-0.15, -0.1) is 4.24 Å². The number of hydrogen-bond donors (Lipinski definition) is 3. The van der Waals surface area contributed by atoms with Crippen LogP contribution in [0.1, 0.15) is 18.9 Å². The molecule has 1 aromatic carbocycles. The minimum absolute atomic E-state index is 0. The van der Waals surface area contributed by atoms with Gasteiger partial charge in [0.25, 0.3) is 10.0 Å². The van der Waals surface area contributed by atoms with Gasteiger partial charge in [0.05, 0.1) is 17.4 Å². The third-order valence-corrected chi connectivity index (χ3v) is 3.61. The van der Waals surface area contributed by atoms with Crippen molar-refractivity contribution in [3.63, 3.8) is 0 Å². The molecular weight excluding hydrogens is 317 g/mol. The molecule has 1 atom stereocenters. The number of sulfonamides is 1. The van der Waals surface area contributed by atoms with Gasteiger partial charge in [0.2, 0.25) is 0 Å². The summed E-state index contributed by atoms with van der Waals surface area (Å²) < 4.78 is 23.9. The van der Waals surface area contributed by atoms with Crippen molar-refractivity contribution in [1.82, 2.24) is 4.24 Å². The van der Waals surface area contributed by atoms with Crippen LogP contribution in [-0.4, -0.2) is 60.3 Å². The van der Waals surface area contributed by atoms with Crippen molar-refractivity contribution in [2.45, 2.75) is 31.3 Å². The summed E-state index contributed by atoms with van der Waals surface area (Å²) in [6.07, 6.45) is -0.891. The summed E-state index contributed by atoms with van der Waals surface area (Å²) in [5, 5.41) is 16.3. The van der Waals surface area contributed by atoms with E-state index in [-0.39, 0.29) is 40.9 Å². The van der Waals surface area contributed by atoms with Crippen LogP contribution in [0.3, 0.4) is 0 Å². The molecule has 20 heavy (non-hydrogen) atoms. The predicted octanol–water partition coefficient (Wildman–Crippen LogP) is 0.621. The summed E-state index contributed by atoms with van der Waals surface area (Å²) >= 11 is 5.03. The van der Waals surface area contributed by atoms with Crippen molar-refractivity contribution in [2.24, 2.45) is 0 Å². The van der Waals surface area contributed by atoms with E-state index < -0.39 is 22.1 Å². The molecule has 0 bridgehead atoms. The molecular formula is C11H17ClNNaO5S. The van der Waals surface area contributed by atoms with E-state index in [0.717, 1.165) is 5.56 Å². The third-order valence-electron chi connectivity index (χ3n) is 1.90. The zero-order chi connectivity index (χ0) is 15.1. The van der Waals surface area contributed by atoms with E-state index in [9.17, 15) is 13.2 Å². The number of carboxylic acid groups (broad SMARTS) is 1. The summed E-state index contributed by atoms with van der Waals surface area (Å²) in [5.41, 5.74) is 1.00. The number of aliphatic hydroxyl groups excluding tert-OH is 1. The molecule has 0 aliphatic rings. The van der Waals surface area contributed by atoms with E-state index in [4.69, 9.17) is 22.0 Å². The molecule has 0 radical (unpaired) electrons. The molecule has 0 aromatic heterocycles.